The van der Waals surface area contributed by atoms with Gasteiger partial charge in [-0.15, -0.1) is 0 Å². The molecule has 0 aromatic carbocycles. The van der Waals surface area contributed by atoms with Crippen molar-refractivity contribution in [3.63, 3.8) is 0 Å². The Bertz CT molecular complexity index is 651. The molecular weight excluding hydrogens is 310 g/mol. The van der Waals surface area contributed by atoms with Gasteiger partial charge in [0.05, 0.1) is 18.7 Å². The standard InChI is InChI=1S/C16H23N5O3/c1-19-6-7-21(16(19)23)12-4-3-5-20(10-12)15-13(24-2)8-11(9-18-15)14(17)22/h8-9,12H,3-7,10H2,1-2H3,(H2,17,22). The van der Waals surface area contributed by atoms with Crippen LogP contribution in [0.3, 0.4) is 0 Å². The molecule has 3 rings (SSSR count). The van der Waals surface area contributed by atoms with E-state index in [2.05, 4.69) is 9.88 Å². The molecule has 1 atom stereocenters. The fraction of sp³-hybridized carbons (Fsp3) is 0.562. The van der Waals surface area contributed by atoms with Gasteiger partial charge in [0, 0.05) is 39.4 Å². The quantitative estimate of drug-likeness (QED) is 0.867. The summed E-state index contributed by atoms with van der Waals surface area (Å²) in [7, 11) is 3.38. The maximum Gasteiger partial charge on any atom is 0.320 e. The molecule has 2 saturated heterocycles. The summed E-state index contributed by atoms with van der Waals surface area (Å²) in [4.78, 5) is 33.7. The molecule has 1 unspecified atom stereocenters. The van der Waals surface area contributed by atoms with Crippen LogP contribution >= 0.6 is 0 Å². The number of hydrogen-bond acceptors (Lipinski definition) is 5. The molecule has 2 aliphatic heterocycles. The molecule has 0 bridgehead atoms. The summed E-state index contributed by atoms with van der Waals surface area (Å²) in [6, 6.07) is 1.87. The monoisotopic (exact) mass is 333 g/mol. The summed E-state index contributed by atoms with van der Waals surface area (Å²) in [5, 5.41) is 0. The normalized spacial score (nSPS) is 21.3. The summed E-state index contributed by atoms with van der Waals surface area (Å²) in [5.41, 5.74) is 5.62. The zero-order valence-electron chi connectivity index (χ0n) is 14.1. The average Bonchev–Trinajstić information content (AvgIpc) is 2.93. The van der Waals surface area contributed by atoms with Crippen LogP contribution in [-0.2, 0) is 0 Å². The highest BCUT2D eigenvalue weighted by Gasteiger charge is 2.35. The van der Waals surface area contributed by atoms with Crippen molar-refractivity contribution in [1.82, 2.24) is 14.8 Å². The van der Waals surface area contributed by atoms with E-state index in [4.69, 9.17) is 10.5 Å². The smallest absolute Gasteiger partial charge is 0.320 e. The number of ether oxygens (including phenoxy) is 1. The van der Waals surface area contributed by atoms with Crippen LogP contribution < -0.4 is 15.4 Å². The van der Waals surface area contributed by atoms with Crippen molar-refractivity contribution in [2.24, 2.45) is 5.73 Å². The van der Waals surface area contributed by atoms with E-state index in [0.717, 1.165) is 32.5 Å². The first-order valence-electron chi connectivity index (χ1n) is 8.11. The molecule has 0 radical (unpaired) electrons. The number of methoxy groups -OCH3 is 1. The van der Waals surface area contributed by atoms with Gasteiger partial charge in [-0.05, 0) is 18.9 Å². The second kappa shape index (κ2) is 6.54. The summed E-state index contributed by atoms with van der Waals surface area (Å²) < 4.78 is 5.39. The molecular formula is C16H23N5O3. The molecule has 1 aromatic rings. The molecule has 2 N–H and O–H groups in total. The minimum atomic E-state index is -0.533. The average molecular weight is 333 g/mol. The van der Waals surface area contributed by atoms with Crippen molar-refractivity contribution in [2.45, 2.75) is 18.9 Å². The zero-order valence-corrected chi connectivity index (χ0v) is 14.1. The number of nitrogens with two attached hydrogens (primary N) is 1. The minimum Gasteiger partial charge on any atom is -0.493 e. The summed E-state index contributed by atoms with van der Waals surface area (Å²) in [6.07, 6.45) is 3.43. The second-order valence-electron chi connectivity index (χ2n) is 6.25. The third-order valence-electron chi connectivity index (χ3n) is 4.72. The van der Waals surface area contributed by atoms with Gasteiger partial charge in [-0.1, -0.05) is 0 Å². The Morgan fingerprint density at radius 1 is 1.38 bits per heavy atom. The Hall–Kier alpha value is -2.51. The van der Waals surface area contributed by atoms with Gasteiger partial charge in [0.2, 0.25) is 5.91 Å². The highest BCUT2D eigenvalue weighted by molar-refractivity contribution is 5.93. The lowest BCUT2D eigenvalue weighted by molar-refractivity contribution is 0.0999. The molecule has 24 heavy (non-hydrogen) atoms. The number of aromatic nitrogens is 1. The summed E-state index contributed by atoms with van der Waals surface area (Å²) in [5.74, 6) is 0.679. The number of nitrogens with zero attached hydrogens (tertiary/aromatic N) is 4. The van der Waals surface area contributed by atoms with Crippen LogP contribution in [0.5, 0.6) is 5.75 Å². The number of urea groups is 1. The van der Waals surface area contributed by atoms with E-state index in [1.54, 1.807) is 18.1 Å². The Morgan fingerprint density at radius 3 is 2.79 bits per heavy atom. The van der Waals surface area contributed by atoms with Gasteiger partial charge in [0.15, 0.2) is 11.6 Å². The number of carbonyl (C=O) groups is 2. The third kappa shape index (κ3) is 2.95. The van der Waals surface area contributed by atoms with E-state index >= 15 is 0 Å². The predicted octanol–water partition coefficient (Wildman–Crippen LogP) is 0.525. The van der Waals surface area contributed by atoms with E-state index in [9.17, 15) is 9.59 Å². The van der Waals surface area contributed by atoms with Crippen LogP contribution in [-0.4, -0.2) is 73.1 Å². The predicted molar refractivity (Wildman–Crippen MR) is 89.3 cm³/mol. The maximum absolute atomic E-state index is 12.2. The number of hydrogen-bond donors (Lipinski definition) is 1. The number of pyridine rings is 1. The third-order valence-corrected chi connectivity index (χ3v) is 4.72. The van der Waals surface area contributed by atoms with E-state index in [-0.39, 0.29) is 12.1 Å². The molecule has 8 heteroatoms. The van der Waals surface area contributed by atoms with Crippen molar-refractivity contribution in [3.8, 4) is 5.75 Å². The van der Waals surface area contributed by atoms with Crippen LogP contribution in [0.4, 0.5) is 10.6 Å². The first kappa shape index (κ1) is 16.4. The fourth-order valence-corrected chi connectivity index (χ4v) is 3.37. The molecule has 130 valence electrons. The molecule has 0 aliphatic carbocycles. The van der Waals surface area contributed by atoms with Gasteiger partial charge >= 0.3 is 6.03 Å². The lowest BCUT2D eigenvalue weighted by atomic mass is 10.0. The number of piperidine rings is 1. The molecule has 3 heterocycles. The molecule has 0 spiro atoms. The lowest BCUT2D eigenvalue weighted by Crippen LogP contribution is -2.49. The van der Waals surface area contributed by atoms with Crippen molar-refractivity contribution < 1.29 is 14.3 Å². The molecule has 0 saturated carbocycles. The molecule has 3 amide bonds. The zero-order chi connectivity index (χ0) is 17.3. The number of likely N-dealkylation sites (N-methyl/N-ethyl adjacent to an activating group) is 1. The summed E-state index contributed by atoms with van der Waals surface area (Å²) in [6.45, 7) is 3.08. The summed E-state index contributed by atoms with van der Waals surface area (Å²) >= 11 is 0. The first-order valence-corrected chi connectivity index (χ1v) is 8.11. The van der Waals surface area contributed by atoms with E-state index in [1.807, 2.05) is 11.9 Å². The van der Waals surface area contributed by atoms with Crippen molar-refractivity contribution in [1.29, 1.82) is 0 Å². The number of carbonyl (C=O) groups excluding carboxylic acids is 2. The van der Waals surface area contributed by atoms with E-state index in [1.165, 1.54) is 6.20 Å². The maximum atomic E-state index is 12.2. The van der Waals surface area contributed by atoms with E-state index in [0.29, 0.717) is 23.7 Å². The Labute approximate surface area is 141 Å². The molecule has 2 aliphatic rings. The van der Waals surface area contributed by atoms with Gasteiger partial charge < -0.3 is 25.2 Å². The van der Waals surface area contributed by atoms with Crippen molar-refractivity contribution in [2.75, 3.05) is 45.2 Å². The molecule has 1 aromatic heterocycles. The van der Waals surface area contributed by atoms with Crippen LogP contribution in [0, 0.1) is 0 Å². The lowest BCUT2D eigenvalue weighted by Gasteiger charge is -2.38. The van der Waals surface area contributed by atoms with Gasteiger partial charge in [0.25, 0.3) is 0 Å². The second-order valence-corrected chi connectivity index (χ2v) is 6.25. The van der Waals surface area contributed by atoms with Crippen LogP contribution in [0.15, 0.2) is 12.3 Å². The van der Waals surface area contributed by atoms with Gasteiger partial charge in [-0.3, -0.25) is 4.79 Å². The van der Waals surface area contributed by atoms with Crippen LogP contribution in [0.1, 0.15) is 23.2 Å². The number of primary amides is 1. The highest BCUT2D eigenvalue weighted by Crippen LogP contribution is 2.30. The SMILES string of the molecule is COc1cc(C(N)=O)cnc1N1CCCC(N2CCN(C)C2=O)C1. The van der Waals surface area contributed by atoms with Gasteiger partial charge in [0.1, 0.15) is 0 Å². The van der Waals surface area contributed by atoms with Crippen molar-refractivity contribution >= 4 is 17.8 Å². The minimum absolute atomic E-state index is 0.0888. The van der Waals surface area contributed by atoms with Crippen LogP contribution in [0.25, 0.3) is 0 Å². The number of rotatable bonds is 4. The molecule has 8 nitrogen and oxygen atoms in total. The van der Waals surface area contributed by atoms with E-state index < -0.39 is 5.91 Å². The Balaban J connectivity index is 1.80. The highest BCUT2D eigenvalue weighted by atomic mass is 16.5. The largest absolute Gasteiger partial charge is 0.493 e. The topological polar surface area (TPSA) is 92.0 Å². The van der Waals surface area contributed by atoms with Gasteiger partial charge in [-0.25, -0.2) is 9.78 Å². The molecule has 2 fully saturated rings. The van der Waals surface area contributed by atoms with Gasteiger partial charge in [-0.2, -0.15) is 0 Å². The Kier molecular flexibility index (Phi) is 4.46. The van der Waals surface area contributed by atoms with Crippen molar-refractivity contribution in [3.05, 3.63) is 17.8 Å². The van der Waals surface area contributed by atoms with Crippen LogP contribution in [0.2, 0.25) is 0 Å². The number of anilines is 1. The first-order chi connectivity index (χ1) is 11.5. The number of amides is 3. The fourth-order valence-electron chi connectivity index (χ4n) is 3.37. The Morgan fingerprint density at radius 2 is 2.17 bits per heavy atom.